The van der Waals surface area contributed by atoms with Gasteiger partial charge in [0.15, 0.2) is 0 Å². The molecule has 1 fully saturated rings. The van der Waals surface area contributed by atoms with E-state index in [-0.39, 0.29) is 0 Å². The van der Waals surface area contributed by atoms with Crippen LogP contribution in [0.3, 0.4) is 0 Å². The second-order valence-electron chi connectivity index (χ2n) is 5.77. The molecule has 19 heavy (non-hydrogen) atoms. The summed E-state index contributed by atoms with van der Waals surface area (Å²) >= 11 is 0. The number of nitrogens with one attached hydrogen (secondary N) is 1. The van der Waals surface area contributed by atoms with Crippen LogP contribution < -0.4 is 5.32 Å². The Hall–Kier alpha value is -1.35. The zero-order valence-corrected chi connectivity index (χ0v) is 11.7. The molecular formula is C16H23N3. The van der Waals surface area contributed by atoms with Crippen LogP contribution >= 0.6 is 0 Å². The molecule has 0 aliphatic heterocycles. The molecule has 0 radical (unpaired) electrons. The van der Waals surface area contributed by atoms with Crippen LogP contribution in [0.4, 0.5) is 0 Å². The van der Waals surface area contributed by atoms with E-state index in [9.17, 15) is 0 Å². The zero-order valence-electron chi connectivity index (χ0n) is 11.7. The van der Waals surface area contributed by atoms with E-state index in [1.165, 1.54) is 43.2 Å². The Morgan fingerprint density at radius 3 is 3.00 bits per heavy atom. The smallest absolute Gasteiger partial charge is 0.0706 e. The lowest BCUT2D eigenvalue weighted by molar-refractivity contribution is 0.281. The third-order valence-electron chi connectivity index (χ3n) is 4.48. The highest BCUT2D eigenvalue weighted by Gasteiger charge is 2.19. The third kappa shape index (κ3) is 2.81. The van der Waals surface area contributed by atoms with Crippen molar-refractivity contribution in [2.24, 2.45) is 5.92 Å². The minimum atomic E-state index is 0.610. The highest BCUT2D eigenvalue weighted by molar-refractivity contribution is 5.53. The van der Waals surface area contributed by atoms with Crippen LogP contribution in [-0.4, -0.2) is 15.7 Å². The SMILES string of the molecule is C[C@H](NCc1cnn2ccccc12)C1CCCCC1. The minimum absolute atomic E-state index is 0.610. The van der Waals surface area contributed by atoms with Gasteiger partial charge in [0.2, 0.25) is 0 Å². The molecule has 1 N–H and O–H groups in total. The molecule has 0 aromatic carbocycles. The van der Waals surface area contributed by atoms with Crippen molar-refractivity contribution in [2.75, 3.05) is 0 Å². The largest absolute Gasteiger partial charge is 0.310 e. The second kappa shape index (κ2) is 5.74. The summed E-state index contributed by atoms with van der Waals surface area (Å²) in [7, 11) is 0. The van der Waals surface area contributed by atoms with Gasteiger partial charge >= 0.3 is 0 Å². The first-order chi connectivity index (χ1) is 9.34. The fraction of sp³-hybridized carbons (Fsp3) is 0.562. The summed E-state index contributed by atoms with van der Waals surface area (Å²) in [6.45, 7) is 3.26. The number of hydrogen-bond acceptors (Lipinski definition) is 2. The van der Waals surface area contributed by atoms with Crippen molar-refractivity contribution in [1.82, 2.24) is 14.9 Å². The molecule has 0 unspecified atom stereocenters. The Bertz CT molecular complexity index is 526. The lowest BCUT2D eigenvalue weighted by Gasteiger charge is -2.28. The Morgan fingerprint density at radius 2 is 2.16 bits per heavy atom. The maximum Gasteiger partial charge on any atom is 0.0706 e. The molecule has 3 heteroatoms. The summed E-state index contributed by atoms with van der Waals surface area (Å²) in [6.07, 6.45) is 11.0. The van der Waals surface area contributed by atoms with Crippen molar-refractivity contribution in [2.45, 2.75) is 51.6 Å². The van der Waals surface area contributed by atoms with Crippen LogP contribution in [-0.2, 0) is 6.54 Å². The van der Waals surface area contributed by atoms with E-state index in [1.807, 2.05) is 23.0 Å². The maximum absolute atomic E-state index is 4.39. The van der Waals surface area contributed by atoms with Gasteiger partial charge in [0, 0.05) is 24.3 Å². The van der Waals surface area contributed by atoms with E-state index >= 15 is 0 Å². The van der Waals surface area contributed by atoms with E-state index in [0.29, 0.717) is 6.04 Å². The van der Waals surface area contributed by atoms with Crippen LogP contribution in [0.1, 0.15) is 44.6 Å². The van der Waals surface area contributed by atoms with Gasteiger partial charge < -0.3 is 5.32 Å². The first kappa shape index (κ1) is 12.7. The van der Waals surface area contributed by atoms with Crippen molar-refractivity contribution in [3.63, 3.8) is 0 Å². The van der Waals surface area contributed by atoms with Gasteiger partial charge in [0.25, 0.3) is 0 Å². The molecule has 3 rings (SSSR count). The van der Waals surface area contributed by atoms with Gasteiger partial charge in [-0.1, -0.05) is 25.3 Å². The molecule has 1 aliphatic carbocycles. The number of nitrogens with zero attached hydrogens (tertiary/aromatic N) is 2. The summed E-state index contributed by atoms with van der Waals surface area (Å²) in [6, 6.07) is 6.83. The fourth-order valence-electron chi connectivity index (χ4n) is 3.20. The molecule has 0 amide bonds. The molecular weight excluding hydrogens is 234 g/mol. The molecule has 2 heterocycles. The summed E-state index contributed by atoms with van der Waals surface area (Å²) in [5, 5.41) is 8.08. The molecule has 2 aromatic heterocycles. The molecule has 102 valence electrons. The van der Waals surface area contributed by atoms with Crippen LogP contribution in [0.2, 0.25) is 0 Å². The van der Waals surface area contributed by atoms with Crippen molar-refractivity contribution in [3.8, 4) is 0 Å². The molecule has 2 aromatic rings. The molecule has 1 atom stereocenters. The predicted molar refractivity (Wildman–Crippen MR) is 78.1 cm³/mol. The Balaban J connectivity index is 1.62. The van der Waals surface area contributed by atoms with Crippen molar-refractivity contribution >= 4 is 5.52 Å². The van der Waals surface area contributed by atoms with Gasteiger partial charge in [-0.2, -0.15) is 5.10 Å². The van der Waals surface area contributed by atoms with Gasteiger partial charge in [0.1, 0.15) is 0 Å². The van der Waals surface area contributed by atoms with Crippen molar-refractivity contribution in [3.05, 3.63) is 36.2 Å². The van der Waals surface area contributed by atoms with E-state index in [0.717, 1.165) is 12.5 Å². The van der Waals surface area contributed by atoms with Crippen molar-refractivity contribution in [1.29, 1.82) is 0 Å². The standard InChI is InChI=1S/C16H23N3/c1-13(14-7-3-2-4-8-14)17-11-15-12-18-19-10-6-5-9-16(15)19/h5-6,9-10,12-14,17H,2-4,7-8,11H2,1H3/t13-/m0/s1. The minimum Gasteiger partial charge on any atom is -0.310 e. The van der Waals surface area contributed by atoms with Crippen molar-refractivity contribution < 1.29 is 0 Å². The number of aromatic nitrogens is 2. The number of pyridine rings is 1. The Kier molecular flexibility index (Phi) is 3.83. The molecule has 1 saturated carbocycles. The average Bonchev–Trinajstić information content (AvgIpc) is 2.89. The number of hydrogen-bond donors (Lipinski definition) is 1. The second-order valence-corrected chi connectivity index (χ2v) is 5.77. The third-order valence-corrected chi connectivity index (χ3v) is 4.48. The molecule has 0 bridgehead atoms. The lowest BCUT2D eigenvalue weighted by atomic mass is 9.84. The molecule has 3 nitrogen and oxygen atoms in total. The highest BCUT2D eigenvalue weighted by Crippen LogP contribution is 2.26. The highest BCUT2D eigenvalue weighted by atomic mass is 15.2. The van der Waals surface area contributed by atoms with E-state index in [4.69, 9.17) is 0 Å². The summed E-state index contributed by atoms with van der Waals surface area (Å²) < 4.78 is 1.95. The average molecular weight is 257 g/mol. The van der Waals surface area contributed by atoms with Gasteiger partial charge in [-0.05, 0) is 37.8 Å². The first-order valence-corrected chi connectivity index (χ1v) is 7.49. The van der Waals surface area contributed by atoms with Crippen LogP contribution in [0.15, 0.2) is 30.6 Å². The predicted octanol–water partition coefficient (Wildman–Crippen LogP) is 3.39. The number of fused-ring (bicyclic) bond motifs is 1. The van der Waals surface area contributed by atoms with Gasteiger partial charge in [0.05, 0.1) is 11.7 Å². The Labute approximate surface area is 115 Å². The topological polar surface area (TPSA) is 29.3 Å². The fourth-order valence-corrected chi connectivity index (χ4v) is 3.20. The summed E-state index contributed by atoms with van der Waals surface area (Å²) in [5.41, 5.74) is 2.51. The summed E-state index contributed by atoms with van der Waals surface area (Å²) in [5.74, 6) is 0.857. The maximum atomic E-state index is 4.39. The molecule has 0 spiro atoms. The molecule has 0 saturated heterocycles. The van der Waals surface area contributed by atoms with Crippen LogP contribution in [0, 0.1) is 5.92 Å². The normalized spacial score (nSPS) is 18.8. The van der Waals surface area contributed by atoms with E-state index < -0.39 is 0 Å². The monoisotopic (exact) mass is 257 g/mol. The lowest BCUT2D eigenvalue weighted by Crippen LogP contribution is -2.34. The zero-order chi connectivity index (χ0) is 13.1. The van der Waals surface area contributed by atoms with Gasteiger partial charge in [-0.3, -0.25) is 0 Å². The quantitative estimate of drug-likeness (QED) is 0.909. The van der Waals surface area contributed by atoms with Gasteiger partial charge in [-0.25, -0.2) is 4.52 Å². The van der Waals surface area contributed by atoms with Crippen LogP contribution in [0.25, 0.3) is 5.52 Å². The molecule has 1 aliphatic rings. The van der Waals surface area contributed by atoms with Gasteiger partial charge in [-0.15, -0.1) is 0 Å². The van der Waals surface area contributed by atoms with E-state index in [1.54, 1.807) is 0 Å². The summed E-state index contributed by atoms with van der Waals surface area (Å²) in [4.78, 5) is 0. The Morgan fingerprint density at radius 1 is 1.32 bits per heavy atom. The first-order valence-electron chi connectivity index (χ1n) is 7.49. The van der Waals surface area contributed by atoms with E-state index in [2.05, 4.69) is 29.5 Å². The number of rotatable bonds is 4. The van der Waals surface area contributed by atoms with Crippen LogP contribution in [0.5, 0.6) is 0 Å².